The molecule has 7 heteroatoms. The first-order valence-electron chi connectivity index (χ1n) is 9.92. The van der Waals surface area contributed by atoms with E-state index in [4.69, 9.17) is 9.15 Å². The Kier molecular flexibility index (Phi) is 5.58. The number of aliphatic carboxylic acids is 1. The van der Waals surface area contributed by atoms with Crippen LogP contribution in [0.4, 0.5) is 6.01 Å². The van der Waals surface area contributed by atoms with Gasteiger partial charge in [0.05, 0.1) is 12.2 Å². The Morgan fingerprint density at radius 1 is 1.06 bits per heavy atom. The summed E-state index contributed by atoms with van der Waals surface area (Å²) in [6.45, 7) is 4.02. The average Bonchev–Trinajstić information content (AvgIpc) is 3.18. The van der Waals surface area contributed by atoms with E-state index in [1.807, 2.05) is 65.6 Å². The number of pyridine rings is 1. The number of ether oxygens (including phenoxy) is 1. The van der Waals surface area contributed by atoms with Crippen molar-refractivity contribution < 1.29 is 19.1 Å². The molecule has 0 saturated heterocycles. The van der Waals surface area contributed by atoms with Crippen molar-refractivity contribution in [2.24, 2.45) is 0 Å². The van der Waals surface area contributed by atoms with Crippen molar-refractivity contribution in [1.82, 2.24) is 9.97 Å². The minimum absolute atomic E-state index is 0.480. The molecular weight excluding hydrogens is 394 g/mol. The maximum absolute atomic E-state index is 11.4. The molecule has 31 heavy (non-hydrogen) atoms. The summed E-state index contributed by atoms with van der Waals surface area (Å²) in [6, 6.07) is 21.2. The monoisotopic (exact) mass is 417 g/mol. The number of fused-ring (bicyclic) bond motifs is 1. The summed E-state index contributed by atoms with van der Waals surface area (Å²) in [6.07, 6.45) is 1.75. The van der Waals surface area contributed by atoms with Gasteiger partial charge >= 0.3 is 5.97 Å². The lowest BCUT2D eigenvalue weighted by Crippen LogP contribution is -2.37. The third kappa shape index (κ3) is 4.83. The Morgan fingerprint density at radius 3 is 2.61 bits per heavy atom. The molecule has 158 valence electrons. The van der Waals surface area contributed by atoms with Crippen LogP contribution >= 0.6 is 0 Å². The highest BCUT2D eigenvalue weighted by Crippen LogP contribution is 2.26. The van der Waals surface area contributed by atoms with E-state index in [1.165, 1.54) is 13.8 Å². The summed E-state index contributed by atoms with van der Waals surface area (Å²) in [4.78, 5) is 22.4. The summed E-state index contributed by atoms with van der Waals surface area (Å²) in [5.74, 6) is -0.540. The summed E-state index contributed by atoms with van der Waals surface area (Å²) < 4.78 is 11.7. The van der Waals surface area contributed by atoms with Crippen LogP contribution in [-0.4, -0.2) is 26.6 Å². The molecule has 0 amide bonds. The molecule has 0 spiro atoms. The number of carboxylic acids is 1. The van der Waals surface area contributed by atoms with Crippen LogP contribution in [0.25, 0.3) is 11.1 Å². The van der Waals surface area contributed by atoms with Gasteiger partial charge in [0.2, 0.25) is 0 Å². The molecule has 0 aliphatic heterocycles. The van der Waals surface area contributed by atoms with Gasteiger partial charge in [-0.25, -0.2) is 4.79 Å². The largest absolute Gasteiger partial charge is 0.478 e. The molecule has 2 heterocycles. The van der Waals surface area contributed by atoms with E-state index in [2.05, 4.69) is 9.97 Å². The van der Waals surface area contributed by atoms with Gasteiger partial charge in [0.15, 0.2) is 11.2 Å². The number of para-hydroxylation sites is 2. The van der Waals surface area contributed by atoms with E-state index in [-0.39, 0.29) is 0 Å². The normalized spacial score (nSPS) is 11.4. The van der Waals surface area contributed by atoms with E-state index in [1.54, 1.807) is 12.3 Å². The highest BCUT2D eigenvalue weighted by molar-refractivity contribution is 5.77. The quantitative estimate of drug-likeness (QED) is 0.445. The van der Waals surface area contributed by atoms with Crippen LogP contribution in [0.1, 0.15) is 25.1 Å². The minimum Gasteiger partial charge on any atom is -0.478 e. The molecule has 4 rings (SSSR count). The second-order valence-corrected chi connectivity index (χ2v) is 7.71. The first-order valence-corrected chi connectivity index (χ1v) is 9.92. The standard InChI is InChI=1S/C24H23N3O4/c1-24(2,22(28)29)31-19-10-7-8-17(14-19)15-27(16-18-9-5-6-13-25-18)23-26-20-11-3-4-12-21(20)30-23/h3-14H,15-16H2,1-2H3,(H,28,29). The molecule has 7 nitrogen and oxygen atoms in total. The molecule has 0 bridgehead atoms. The van der Waals surface area contributed by atoms with Gasteiger partial charge in [0.25, 0.3) is 6.01 Å². The fourth-order valence-electron chi connectivity index (χ4n) is 3.14. The number of hydrogen-bond acceptors (Lipinski definition) is 6. The molecule has 0 atom stereocenters. The predicted octanol–water partition coefficient (Wildman–Crippen LogP) is 4.67. The van der Waals surface area contributed by atoms with Gasteiger partial charge < -0.3 is 19.2 Å². The van der Waals surface area contributed by atoms with Crippen molar-refractivity contribution >= 4 is 23.1 Å². The predicted molar refractivity (Wildman–Crippen MR) is 117 cm³/mol. The van der Waals surface area contributed by atoms with E-state index in [9.17, 15) is 9.90 Å². The number of oxazole rings is 1. The maximum Gasteiger partial charge on any atom is 0.347 e. The fraction of sp³-hybridized carbons (Fsp3) is 0.208. The zero-order chi connectivity index (χ0) is 21.8. The second-order valence-electron chi connectivity index (χ2n) is 7.71. The third-order valence-corrected chi connectivity index (χ3v) is 4.79. The molecule has 2 aromatic heterocycles. The Hall–Kier alpha value is -3.87. The lowest BCUT2D eigenvalue weighted by Gasteiger charge is -2.23. The molecule has 2 aromatic carbocycles. The Labute approximate surface area is 179 Å². The first-order chi connectivity index (χ1) is 14.9. The molecule has 0 radical (unpaired) electrons. The van der Waals surface area contributed by atoms with Crippen LogP contribution in [-0.2, 0) is 17.9 Å². The lowest BCUT2D eigenvalue weighted by atomic mass is 10.1. The number of benzene rings is 2. The number of aromatic nitrogens is 2. The SMILES string of the molecule is CC(C)(Oc1cccc(CN(Cc2ccccn2)c2nc3ccccc3o2)c1)C(=O)O. The number of hydrogen-bond donors (Lipinski definition) is 1. The highest BCUT2D eigenvalue weighted by Gasteiger charge is 2.29. The molecule has 0 saturated carbocycles. The smallest absolute Gasteiger partial charge is 0.347 e. The van der Waals surface area contributed by atoms with Gasteiger partial charge in [-0.3, -0.25) is 4.98 Å². The van der Waals surface area contributed by atoms with Crippen molar-refractivity contribution in [3.63, 3.8) is 0 Å². The first kappa shape index (κ1) is 20.4. The number of rotatable bonds is 8. The van der Waals surface area contributed by atoms with Gasteiger partial charge in [0.1, 0.15) is 11.3 Å². The number of carboxylic acid groups (broad SMARTS) is 1. The summed E-state index contributed by atoms with van der Waals surface area (Å²) >= 11 is 0. The van der Waals surface area contributed by atoms with Crippen LogP contribution in [0.5, 0.6) is 5.75 Å². The van der Waals surface area contributed by atoms with Crippen molar-refractivity contribution in [1.29, 1.82) is 0 Å². The molecular formula is C24H23N3O4. The van der Waals surface area contributed by atoms with Crippen molar-refractivity contribution in [2.45, 2.75) is 32.5 Å². The Morgan fingerprint density at radius 2 is 1.87 bits per heavy atom. The maximum atomic E-state index is 11.4. The van der Waals surface area contributed by atoms with Gasteiger partial charge in [-0.05, 0) is 55.8 Å². The van der Waals surface area contributed by atoms with Crippen LogP contribution in [0.2, 0.25) is 0 Å². The molecule has 0 aliphatic rings. The second kappa shape index (κ2) is 8.47. The van der Waals surface area contributed by atoms with Crippen LogP contribution in [0.3, 0.4) is 0 Å². The molecule has 0 aliphatic carbocycles. The van der Waals surface area contributed by atoms with E-state index in [0.29, 0.717) is 30.4 Å². The van der Waals surface area contributed by atoms with E-state index >= 15 is 0 Å². The van der Waals surface area contributed by atoms with Gasteiger partial charge in [0, 0.05) is 12.7 Å². The van der Waals surface area contributed by atoms with Crippen LogP contribution in [0.15, 0.2) is 77.3 Å². The summed E-state index contributed by atoms with van der Waals surface area (Å²) in [5.41, 5.74) is 1.97. The molecule has 0 fully saturated rings. The van der Waals surface area contributed by atoms with Gasteiger partial charge in [-0.2, -0.15) is 4.98 Å². The molecule has 4 aromatic rings. The minimum atomic E-state index is -1.33. The molecule has 1 N–H and O–H groups in total. The number of carbonyl (C=O) groups is 1. The lowest BCUT2D eigenvalue weighted by molar-refractivity contribution is -0.152. The van der Waals surface area contributed by atoms with Crippen LogP contribution < -0.4 is 9.64 Å². The molecule has 0 unspecified atom stereocenters. The van der Waals surface area contributed by atoms with E-state index in [0.717, 1.165) is 16.8 Å². The zero-order valence-electron chi connectivity index (χ0n) is 17.4. The van der Waals surface area contributed by atoms with Crippen molar-refractivity contribution in [3.05, 3.63) is 84.2 Å². The zero-order valence-corrected chi connectivity index (χ0v) is 17.4. The highest BCUT2D eigenvalue weighted by atomic mass is 16.5. The number of nitrogens with zero attached hydrogens (tertiary/aromatic N) is 3. The summed E-state index contributed by atoms with van der Waals surface area (Å²) in [5, 5.41) is 9.34. The van der Waals surface area contributed by atoms with Gasteiger partial charge in [-0.1, -0.05) is 30.3 Å². The average molecular weight is 417 g/mol. The van der Waals surface area contributed by atoms with Crippen LogP contribution in [0, 0.1) is 0 Å². The Balaban J connectivity index is 1.63. The topological polar surface area (TPSA) is 88.7 Å². The van der Waals surface area contributed by atoms with Crippen molar-refractivity contribution in [2.75, 3.05) is 4.90 Å². The van der Waals surface area contributed by atoms with Gasteiger partial charge in [-0.15, -0.1) is 0 Å². The summed E-state index contributed by atoms with van der Waals surface area (Å²) in [7, 11) is 0. The Bertz CT molecular complexity index is 1150. The van der Waals surface area contributed by atoms with E-state index < -0.39 is 11.6 Å². The number of anilines is 1. The third-order valence-electron chi connectivity index (χ3n) is 4.79. The fourth-order valence-corrected chi connectivity index (χ4v) is 3.14. The van der Waals surface area contributed by atoms with Crippen molar-refractivity contribution in [3.8, 4) is 5.75 Å².